The summed E-state index contributed by atoms with van der Waals surface area (Å²) in [5.41, 5.74) is 2.83. The van der Waals surface area contributed by atoms with E-state index in [-0.39, 0.29) is 5.91 Å². The molecule has 0 saturated heterocycles. The number of rotatable bonds is 4. The number of methoxy groups -OCH3 is 1. The molecule has 0 spiro atoms. The molecule has 1 atom stereocenters. The van der Waals surface area contributed by atoms with Crippen LogP contribution in [0.5, 0.6) is 5.75 Å². The van der Waals surface area contributed by atoms with Crippen molar-refractivity contribution in [1.82, 2.24) is 5.32 Å². The van der Waals surface area contributed by atoms with E-state index in [2.05, 4.69) is 23.5 Å². The van der Waals surface area contributed by atoms with Crippen LogP contribution in [0.15, 0.2) is 12.1 Å². The predicted octanol–water partition coefficient (Wildman–Crippen LogP) is 1.43. The van der Waals surface area contributed by atoms with Crippen LogP contribution in [0.1, 0.15) is 44.1 Å². The average molecular weight is 271 g/mol. The molecule has 0 aliphatic heterocycles. The van der Waals surface area contributed by atoms with Gasteiger partial charge in [-0.2, -0.15) is 0 Å². The molecule has 0 radical (unpaired) electrons. The maximum absolute atomic E-state index is 11.5. The lowest BCUT2D eigenvalue weighted by molar-refractivity contribution is -0.120. The van der Waals surface area contributed by atoms with E-state index in [1.165, 1.54) is 21.6 Å². The van der Waals surface area contributed by atoms with Crippen LogP contribution in [0.2, 0.25) is 0 Å². The van der Waals surface area contributed by atoms with E-state index in [0.29, 0.717) is 18.9 Å². The van der Waals surface area contributed by atoms with Gasteiger partial charge in [0.15, 0.2) is 0 Å². The van der Waals surface area contributed by atoms with E-state index in [1.54, 1.807) is 7.11 Å². The summed E-state index contributed by atoms with van der Waals surface area (Å²) in [5.74, 6) is 1.44. The van der Waals surface area contributed by atoms with Crippen LogP contribution >= 0.6 is 0 Å². The third-order valence-electron chi connectivity index (χ3n) is 4.39. The van der Waals surface area contributed by atoms with Gasteiger partial charge in [-0.15, -0.1) is 0 Å². The highest BCUT2D eigenvalue weighted by Gasteiger charge is 2.28. The van der Waals surface area contributed by atoms with Crippen molar-refractivity contribution in [2.75, 3.05) is 13.7 Å². The second kappa shape index (κ2) is 5.31. The van der Waals surface area contributed by atoms with Crippen LogP contribution < -0.4 is 20.5 Å². The molecule has 1 unspecified atom stereocenters. The molecule has 0 saturated carbocycles. The number of ether oxygens (including phenoxy) is 1. The Hall–Kier alpha value is -1.77. The molecule has 106 valence electrons. The van der Waals surface area contributed by atoms with Gasteiger partial charge in [0.2, 0.25) is 5.91 Å². The molecule has 3 heteroatoms. The minimum absolute atomic E-state index is 0.122. The second-order valence-electron chi connectivity index (χ2n) is 5.55. The smallest absolute Gasteiger partial charge is 0.219 e. The zero-order valence-corrected chi connectivity index (χ0v) is 12.2. The van der Waals surface area contributed by atoms with Gasteiger partial charge >= 0.3 is 0 Å². The van der Waals surface area contributed by atoms with Crippen molar-refractivity contribution in [3.8, 4) is 5.75 Å². The SMILES string of the molecule is CCC(=O)NCC1CC2=c3c1c(OC)ccc3=CCC2. The van der Waals surface area contributed by atoms with Crippen LogP contribution in [0.25, 0.3) is 11.6 Å². The Kier molecular flexibility index (Phi) is 3.51. The molecule has 2 aliphatic rings. The summed E-state index contributed by atoms with van der Waals surface area (Å²) in [6.45, 7) is 2.60. The van der Waals surface area contributed by atoms with Crippen LogP contribution in [-0.2, 0) is 4.79 Å². The normalized spacial score (nSPS) is 19.3. The Bertz CT molecular complexity index is 660. The molecular formula is C17H21NO2. The van der Waals surface area contributed by atoms with Crippen LogP contribution in [0.3, 0.4) is 0 Å². The van der Waals surface area contributed by atoms with E-state index < -0.39 is 0 Å². The van der Waals surface area contributed by atoms with Gasteiger partial charge < -0.3 is 10.1 Å². The Balaban J connectivity index is 1.99. The highest BCUT2D eigenvalue weighted by Crippen LogP contribution is 2.35. The third kappa shape index (κ3) is 2.11. The number of nitrogens with one attached hydrogen (secondary N) is 1. The van der Waals surface area contributed by atoms with Gasteiger partial charge in [0.1, 0.15) is 5.75 Å². The number of carbonyl (C=O) groups excluding carboxylic acids is 1. The number of benzene rings is 1. The third-order valence-corrected chi connectivity index (χ3v) is 4.39. The van der Waals surface area contributed by atoms with E-state index in [4.69, 9.17) is 4.74 Å². The molecule has 3 rings (SSSR count). The van der Waals surface area contributed by atoms with Crippen molar-refractivity contribution in [3.05, 3.63) is 28.1 Å². The first-order valence-electron chi connectivity index (χ1n) is 7.40. The van der Waals surface area contributed by atoms with Crippen molar-refractivity contribution >= 4 is 17.6 Å². The summed E-state index contributed by atoms with van der Waals surface area (Å²) < 4.78 is 5.55. The first-order chi connectivity index (χ1) is 9.74. The first-order valence-corrected chi connectivity index (χ1v) is 7.40. The zero-order chi connectivity index (χ0) is 14.1. The Morgan fingerprint density at radius 1 is 1.45 bits per heavy atom. The largest absolute Gasteiger partial charge is 0.496 e. The van der Waals surface area contributed by atoms with E-state index in [1.807, 2.05) is 6.92 Å². The Labute approximate surface area is 119 Å². The van der Waals surface area contributed by atoms with E-state index in [9.17, 15) is 4.79 Å². The maximum Gasteiger partial charge on any atom is 0.219 e. The molecule has 20 heavy (non-hydrogen) atoms. The molecule has 1 aromatic carbocycles. The van der Waals surface area contributed by atoms with Gasteiger partial charge in [0.05, 0.1) is 7.11 Å². The number of carbonyl (C=O) groups is 1. The fourth-order valence-corrected chi connectivity index (χ4v) is 3.43. The van der Waals surface area contributed by atoms with Crippen molar-refractivity contribution in [2.24, 2.45) is 0 Å². The predicted molar refractivity (Wildman–Crippen MR) is 80.0 cm³/mol. The van der Waals surface area contributed by atoms with Gasteiger partial charge in [0.25, 0.3) is 0 Å². The molecule has 0 bridgehead atoms. The van der Waals surface area contributed by atoms with Gasteiger partial charge in [-0.05, 0) is 35.8 Å². The molecule has 1 aromatic rings. The number of hydrogen-bond acceptors (Lipinski definition) is 2. The molecule has 2 aliphatic carbocycles. The summed E-state index contributed by atoms with van der Waals surface area (Å²) in [6.07, 6.45) is 6.18. The van der Waals surface area contributed by atoms with Crippen molar-refractivity contribution in [3.63, 3.8) is 0 Å². The summed E-state index contributed by atoms with van der Waals surface area (Å²) >= 11 is 0. The van der Waals surface area contributed by atoms with Gasteiger partial charge in [-0.1, -0.05) is 24.6 Å². The van der Waals surface area contributed by atoms with E-state index in [0.717, 1.165) is 25.0 Å². The lowest BCUT2D eigenvalue weighted by atomic mass is 9.98. The summed E-state index contributed by atoms with van der Waals surface area (Å²) in [4.78, 5) is 11.5. The van der Waals surface area contributed by atoms with Gasteiger partial charge in [-0.25, -0.2) is 0 Å². The summed E-state index contributed by atoms with van der Waals surface area (Å²) in [6, 6.07) is 4.22. The zero-order valence-electron chi connectivity index (χ0n) is 12.2. The monoisotopic (exact) mass is 271 g/mol. The maximum atomic E-state index is 11.5. The number of hydrogen-bond donors (Lipinski definition) is 1. The minimum Gasteiger partial charge on any atom is -0.496 e. The molecule has 0 aromatic heterocycles. The molecule has 0 fully saturated rings. The molecular weight excluding hydrogens is 250 g/mol. The fourth-order valence-electron chi connectivity index (χ4n) is 3.43. The van der Waals surface area contributed by atoms with Gasteiger partial charge in [0, 0.05) is 24.4 Å². The van der Waals surface area contributed by atoms with Crippen LogP contribution in [0.4, 0.5) is 0 Å². The van der Waals surface area contributed by atoms with Crippen LogP contribution in [0, 0.1) is 0 Å². The van der Waals surface area contributed by atoms with Crippen molar-refractivity contribution < 1.29 is 9.53 Å². The standard InChI is InChI=1S/C17H21NO2/c1-3-15(19)18-10-13-9-12-6-4-5-11-7-8-14(20-2)17(13)16(11)12/h5,7-8,13H,3-4,6,9-10H2,1-2H3,(H,18,19). The minimum atomic E-state index is 0.122. The fraction of sp³-hybridized carbons (Fsp3) is 0.471. The number of amides is 1. The first kappa shape index (κ1) is 13.2. The Morgan fingerprint density at radius 3 is 3.05 bits per heavy atom. The molecule has 1 amide bonds. The topological polar surface area (TPSA) is 38.3 Å². The molecule has 3 nitrogen and oxygen atoms in total. The quantitative estimate of drug-likeness (QED) is 0.900. The molecule has 1 N–H and O–H groups in total. The lowest BCUT2D eigenvalue weighted by Gasteiger charge is -2.16. The molecule has 0 heterocycles. The van der Waals surface area contributed by atoms with Crippen molar-refractivity contribution in [1.29, 1.82) is 0 Å². The van der Waals surface area contributed by atoms with Gasteiger partial charge in [-0.3, -0.25) is 4.79 Å². The van der Waals surface area contributed by atoms with Crippen molar-refractivity contribution in [2.45, 2.75) is 38.5 Å². The Morgan fingerprint density at radius 2 is 2.30 bits per heavy atom. The van der Waals surface area contributed by atoms with E-state index >= 15 is 0 Å². The highest BCUT2D eigenvalue weighted by molar-refractivity contribution is 5.75. The second-order valence-corrected chi connectivity index (χ2v) is 5.55. The average Bonchev–Trinajstić information content (AvgIpc) is 2.86. The lowest BCUT2D eigenvalue weighted by Crippen LogP contribution is -2.32. The van der Waals surface area contributed by atoms with Crippen LogP contribution in [-0.4, -0.2) is 19.6 Å². The summed E-state index contributed by atoms with van der Waals surface area (Å²) in [5, 5.41) is 5.77. The summed E-state index contributed by atoms with van der Waals surface area (Å²) in [7, 11) is 1.73. The highest BCUT2D eigenvalue weighted by atomic mass is 16.5.